The molecular formula is C20H28N4O. The van der Waals surface area contributed by atoms with Crippen LogP contribution in [0, 0.1) is 6.92 Å². The van der Waals surface area contributed by atoms with Crippen LogP contribution in [0.15, 0.2) is 30.3 Å². The number of aromatic nitrogens is 2. The Morgan fingerprint density at radius 2 is 1.68 bits per heavy atom. The minimum atomic E-state index is -0.205. The Kier molecular flexibility index (Phi) is 6.92. The maximum atomic E-state index is 12.6. The first-order valence-corrected chi connectivity index (χ1v) is 9.08. The lowest BCUT2D eigenvalue weighted by molar-refractivity contribution is 0.102. The highest BCUT2D eigenvalue weighted by atomic mass is 16.1. The SMILES string of the molecule is CCCN(CCC)c1nc(C)cc(C(=O)Nc2ccc(CC)cc2)n1. The molecule has 1 heterocycles. The molecule has 1 N–H and O–H groups in total. The van der Waals surface area contributed by atoms with E-state index in [1.807, 2.05) is 31.2 Å². The second-order valence-electron chi connectivity index (χ2n) is 6.19. The second kappa shape index (κ2) is 9.16. The van der Waals surface area contributed by atoms with Crippen LogP contribution in [0.1, 0.15) is 55.4 Å². The molecule has 25 heavy (non-hydrogen) atoms. The van der Waals surface area contributed by atoms with Crippen molar-refractivity contribution in [1.29, 1.82) is 0 Å². The first-order chi connectivity index (χ1) is 12.1. The number of carbonyl (C=O) groups excluding carboxylic acids is 1. The van der Waals surface area contributed by atoms with Gasteiger partial charge in [-0.3, -0.25) is 4.79 Å². The predicted molar refractivity (Wildman–Crippen MR) is 103 cm³/mol. The molecule has 5 heteroatoms. The third kappa shape index (κ3) is 5.28. The van der Waals surface area contributed by atoms with E-state index in [4.69, 9.17) is 0 Å². The fourth-order valence-corrected chi connectivity index (χ4v) is 2.68. The van der Waals surface area contributed by atoms with Gasteiger partial charge in [-0.1, -0.05) is 32.9 Å². The van der Waals surface area contributed by atoms with Crippen molar-refractivity contribution in [3.05, 3.63) is 47.3 Å². The van der Waals surface area contributed by atoms with Gasteiger partial charge in [0, 0.05) is 24.5 Å². The van der Waals surface area contributed by atoms with Gasteiger partial charge >= 0.3 is 0 Å². The Morgan fingerprint density at radius 1 is 1.04 bits per heavy atom. The fraction of sp³-hybridized carbons (Fsp3) is 0.450. The van der Waals surface area contributed by atoms with Crippen LogP contribution >= 0.6 is 0 Å². The molecule has 0 fully saturated rings. The zero-order chi connectivity index (χ0) is 18.2. The van der Waals surface area contributed by atoms with E-state index < -0.39 is 0 Å². The normalized spacial score (nSPS) is 10.6. The molecule has 1 aromatic heterocycles. The summed E-state index contributed by atoms with van der Waals surface area (Å²) in [5.41, 5.74) is 3.22. The summed E-state index contributed by atoms with van der Waals surface area (Å²) < 4.78 is 0. The lowest BCUT2D eigenvalue weighted by atomic mass is 10.1. The largest absolute Gasteiger partial charge is 0.341 e. The standard InChI is InChI=1S/C20H28N4O/c1-5-12-24(13-6-2)20-21-15(4)14-18(23-20)19(25)22-17-10-8-16(7-3)9-11-17/h8-11,14H,5-7,12-13H2,1-4H3,(H,22,25). The van der Waals surface area contributed by atoms with Crippen molar-refractivity contribution in [2.24, 2.45) is 0 Å². The molecule has 0 spiro atoms. The lowest BCUT2D eigenvalue weighted by Crippen LogP contribution is -2.28. The number of anilines is 2. The molecule has 2 aromatic rings. The van der Waals surface area contributed by atoms with E-state index in [1.54, 1.807) is 6.07 Å². The maximum absolute atomic E-state index is 12.6. The summed E-state index contributed by atoms with van der Waals surface area (Å²) in [4.78, 5) is 23.8. The van der Waals surface area contributed by atoms with Crippen LogP contribution in [-0.2, 0) is 6.42 Å². The molecule has 0 radical (unpaired) electrons. The maximum Gasteiger partial charge on any atom is 0.274 e. The Bertz CT molecular complexity index is 691. The van der Waals surface area contributed by atoms with Crippen molar-refractivity contribution >= 4 is 17.5 Å². The molecule has 0 saturated heterocycles. The molecule has 0 aliphatic heterocycles. The fourth-order valence-electron chi connectivity index (χ4n) is 2.68. The molecule has 0 saturated carbocycles. The summed E-state index contributed by atoms with van der Waals surface area (Å²) in [6.45, 7) is 10.0. The first kappa shape index (κ1) is 18.9. The van der Waals surface area contributed by atoms with Gasteiger partial charge in [-0.25, -0.2) is 9.97 Å². The number of amides is 1. The Labute approximate surface area is 150 Å². The number of hydrogen-bond donors (Lipinski definition) is 1. The Balaban J connectivity index is 2.20. The summed E-state index contributed by atoms with van der Waals surface area (Å²) >= 11 is 0. The van der Waals surface area contributed by atoms with E-state index in [0.29, 0.717) is 11.6 Å². The van der Waals surface area contributed by atoms with Crippen LogP contribution in [-0.4, -0.2) is 29.0 Å². The predicted octanol–water partition coefficient (Wildman–Crippen LogP) is 4.23. The highest BCUT2D eigenvalue weighted by molar-refractivity contribution is 6.03. The molecule has 0 bridgehead atoms. The minimum Gasteiger partial charge on any atom is -0.341 e. The first-order valence-electron chi connectivity index (χ1n) is 9.08. The summed E-state index contributed by atoms with van der Waals surface area (Å²) in [6.07, 6.45) is 3.01. The van der Waals surface area contributed by atoms with Gasteiger partial charge in [0.05, 0.1) is 0 Å². The van der Waals surface area contributed by atoms with E-state index in [1.165, 1.54) is 5.56 Å². The molecular weight excluding hydrogens is 312 g/mol. The smallest absolute Gasteiger partial charge is 0.274 e. The molecule has 0 unspecified atom stereocenters. The van der Waals surface area contributed by atoms with Crippen molar-refractivity contribution in [3.63, 3.8) is 0 Å². The third-order valence-electron chi connectivity index (χ3n) is 3.96. The second-order valence-corrected chi connectivity index (χ2v) is 6.19. The Morgan fingerprint density at radius 3 is 2.24 bits per heavy atom. The van der Waals surface area contributed by atoms with Crippen LogP contribution in [0.2, 0.25) is 0 Å². The minimum absolute atomic E-state index is 0.205. The van der Waals surface area contributed by atoms with E-state index in [-0.39, 0.29) is 5.91 Å². The van der Waals surface area contributed by atoms with Gasteiger partial charge in [-0.15, -0.1) is 0 Å². The zero-order valence-corrected chi connectivity index (χ0v) is 15.7. The van der Waals surface area contributed by atoms with E-state index >= 15 is 0 Å². The van der Waals surface area contributed by atoms with Crippen LogP contribution in [0.4, 0.5) is 11.6 Å². The van der Waals surface area contributed by atoms with Crippen LogP contribution in [0.5, 0.6) is 0 Å². The molecule has 0 aliphatic carbocycles. The molecule has 2 rings (SSSR count). The van der Waals surface area contributed by atoms with Crippen molar-refractivity contribution in [2.75, 3.05) is 23.3 Å². The highest BCUT2D eigenvalue weighted by Crippen LogP contribution is 2.15. The summed E-state index contributed by atoms with van der Waals surface area (Å²) in [5.74, 6) is 0.430. The van der Waals surface area contributed by atoms with Gasteiger partial charge in [0.15, 0.2) is 0 Å². The van der Waals surface area contributed by atoms with E-state index in [9.17, 15) is 4.79 Å². The number of nitrogens with one attached hydrogen (secondary N) is 1. The summed E-state index contributed by atoms with van der Waals surface area (Å²) in [5, 5.41) is 2.92. The van der Waals surface area contributed by atoms with Gasteiger partial charge in [-0.2, -0.15) is 0 Å². The Hall–Kier alpha value is -2.43. The van der Waals surface area contributed by atoms with Gasteiger partial charge < -0.3 is 10.2 Å². The zero-order valence-electron chi connectivity index (χ0n) is 15.7. The molecule has 134 valence electrons. The molecule has 1 aromatic carbocycles. The van der Waals surface area contributed by atoms with E-state index in [2.05, 4.69) is 41.0 Å². The number of nitrogens with zero attached hydrogens (tertiary/aromatic N) is 3. The quantitative estimate of drug-likeness (QED) is 0.781. The van der Waals surface area contributed by atoms with Gasteiger partial charge in [0.25, 0.3) is 5.91 Å². The third-order valence-corrected chi connectivity index (χ3v) is 3.96. The lowest BCUT2D eigenvalue weighted by Gasteiger charge is -2.22. The monoisotopic (exact) mass is 340 g/mol. The number of hydrogen-bond acceptors (Lipinski definition) is 4. The van der Waals surface area contributed by atoms with Crippen molar-refractivity contribution in [1.82, 2.24) is 9.97 Å². The van der Waals surface area contributed by atoms with Crippen molar-refractivity contribution in [2.45, 2.75) is 47.0 Å². The van der Waals surface area contributed by atoms with Crippen LogP contribution in [0.25, 0.3) is 0 Å². The van der Waals surface area contributed by atoms with Crippen molar-refractivity contribution < 1.29 is 4.79 Å². The van der Waals surface area contributed by atoms with Crippen LogP contribution < -0.4 is 10.2 Å². The van der Waals surface area contributed by atoms with E-state index in [0.717, 1.165) is 43.7 Å². The average molecular weight is 340 g/mol. The number of rotatable bonds is 8. The van der Waals surface area contributed by atoms with Crippen molar-refractivity contribution in [3.8, 4) is 0 Å². The molecule has 0 atom stereocenters. The average Bonchev–Trinajstić information content (AvgIpc) is 2.61. The van der Waals surface area contributed by atoms with Crippen LogP contribution in [0.3, 0.4) is 0 Å². The van der Waals surface area contributed by atoms with Gasteiger partial charge in [0.2, 0.25) is 5.95 Å². The summed E-state index contributed by atoms with van der Waals surface area (Å²) in [7, 11) is 0. The molecule has 0 aliphatic rings. The number of aryl methyl sites for hydroxylation is 2. The highest BCUT2D eigenvalue weighted by Gasteiger charge is 2.14. The molecule has 5 nitrogen and oxygen atoms in total. The van der Waals surface area contributed by atoms with Gasteiger partial charge in [0.1, 0.15) is 5.69 Å². The van der Waals surface area contributed by atoms with Gasteiger partial charge in [-0.05, 0) is 49.9 Å². The summed E-state index contributed by atoms with van der Waals surface area (Å²) in [6, 6.07) is 9.63. The number of benzene rings is 1. The molecule has 1 amide bonds. The number of carbonyl (C=O) groups is 1. The topological polar surface area (TPSA) is 58.1 Å².